The van der Waals surface area contributed by atoms with Crippen LogP contribution in [-0.4, -0.2) is 32.7 Å². The highest BCUT2D eigenvalue weighted by Crippen LogP contribution is 2.18. The van der Waals surface area contributed by atoms with Crippen LogP contribution in [0.2, 0.25) is 0 Å². The van der Waals surface area contributed by atoms with Crippen LogP contribution in [0.15, 0.2) is 24.3 Å². The Morgan fingerprint density at radius 2 is 1.86 bits per heavy atom. The van der Waals surface area contributed by atoms with Crippen LogP contribution >= 0.6 is 12.4 Å². The van der Waals surface area contributed by atoms with Crippen molar-refractivity contribution in [1.82, 2.24) is 10.6 Å². The van der Waals surface area contributed by atoms with Crippen molar-refractivity contribution in [3.63, 3.8) is 0 Å². The zero-order valence-corrected chi connectivity index (χ0v) is 14.0. The number of hydrogen-bond acceptors (Lipinski definition) is 3. The monoisotopic (exact) mass is 314 g/mol. The lowest BCUT2D eigenvalue weighted by atomic mass is 10.0. The molecule has 21 heavy (non-hydrogen) atoms. The number of ether oxygens (including phenoxy) is 1. The standard InChI is InChI=1S/C16H26N2O2.ClH/c1-13(2)14-6-8-15(9-7-14)20-12-11-18-16(19)5-4-10-17-3;/h6-9,13,17H,4-5,10-12H2,1-3H3,(H,18,19);1H. The maximum absolute atomic E-state index is 11.5. The Balaban J connectivity index is 0.00000400. The van der Waals surface area contributed by atoms with E-state index in [9.17, 15) is 4.79 Å². The van der Waals surface area contributed by atoms with E-state index in [4.69, 9.17) is 4.74 Å². The van der Waals surface area contributed by atoms with Crippen LogP contribution in [0, 0.1) is 0 Å². The third kappa shape index (κ3) is 8.58. The van der Waals surface area contributed by atoms with Crippen molar-refractivity contribution in [2.45, 2.75) is 32.6 Å². The molecular formula is C16H27ClN2O2. The molecule has 1 aromatic carbocycles. The van der Waals surface area contributed by atoms with Crippen LogP contribution in [-0.2, 0) is 4.79 Å². The Hall–Kier alpha value is -1.26. The lowest BCUT2D eigenvalue weighted by molar-refractivity contribution is -0.121. The van der Waals surface area contributed by atoms with Gasteiger partial charge in [-0.15, -0.1) is 12.4 Å². The van der Waals surface area contributed by atoms with Crippen LogP contribution < -0.4 is 15.4 Å². The van der Waals surface area contributed by atoms with E-state index in [0.29, 0.717) is 25.5 Å². The van der Waals surface area contributed by atoms with Gasteiger partial charge in [0.15, 0.2) is 0 Å². The molecule has 0 heterocycles. The molecule has 0 atom stereocenters. The fraction of sp³-hybridized carbons (Fsp3) is 0.562. The summed E-state index contributed by atoms with van der Waals surface area (Å²) < 4.78 is 5.59. The second-order valence-electron chi connectivity index (χ2n) is 5.13. The van der Waals surface area contributed by atoms with Crippen LogP contribution in [0.4, 0.5) is 0 Å². The lowest BCUT2D eigenvalue weighted by Gasteiger charge is -2.09. The van der Waals surface area contributed by atoms with Gasteiger partial charge in [0.25, 0.3) is 0 Å². The average Bonchev–Trinajstić information content (AvgIpc) is 2.44. The van der Waals surface area contributed by atoms with Gasteiger partial charge in [0.2, 0.25) is 5.91 Å². The molecule has 0 saturated heterocycles. The van der Waals surface area contributed by atoms with Gasteiger partial charge < -0.3 is 15.4 Å². The molecule has 0 saturated carbocycles. The van der Waals surface area contributed by atoms with E-state index in [1.165, 1.54) is 5.56 Å². The van der Waals surface area contributed by atoms with E-state index in [0.717, 1.165) is 18.7 Å². The van der Waals surface area contributed by atoms with E-state index in [-0.39, 0.29) is 18.3 Å². The molecular weight excluding hydrogens is 288 g/mol. The van der Waals surface area contributed by atoms with Gasteiger partial charge in [0.05, 0.1) is 6.54 Å². The van der Waals surface area contributed by atoms with Crippen molar-refractivity contribution in [2.75, 3.05) is 26.7 Å². The van der Waals surface area contributed by atoms with Gasteiger partial charge in [0.1, 0.15) is 12.4 Å². The fourth-order valence-corrected chi connectivity index (χ4v) is 1.82. The van der Waals surface area contributed by atoms with Gasteiger partial charge in [-0.25, -0.2) is 0 Å². The first-order chi connectivity index (χ1) is 9.63. The molecule has 1 amide bonds. The minimum absolute atomic E-state index is 0. The number of nitrogens with one attached hydrogen (secondary N) is 2. The third-order valence-electron chi connectivity index (χ3n) is 3.07. The number of carbonyl (C=O) groups is 1. The van der Waals surface area contributed by atoms with Crippen molar-refractivity contribution < 1.29 is 9.53 Å². The van der Waals surface area contributed by atoms with E-state index >= 15 is 0 Å². The molecule has 0 unspecified atom stereocenters. The smallest absolute Gasteiger partial charge is 0.220 e. The van der Waals surface area contributed by atoms with E-state index < -0.39 is 0 Å². The summed E-state index contributed by atoms with van der Waals surface area (Å²) in [4.78, 5) is 11.5. The Morgan fingerprint density at radius 1 is 1.19 bits per heavy atom. The number of carbonyl (C=O) groups excluding carboxylic acids is 1. The maximum Gasteiger partial charge on any atom is 0.220 e. The van der Waals surface area contributed by atoms with E-state index in [1.54, 1.807) is 0 Å². The Kier molecular flexibility index (Phi) is 10.7. The summed E-state index contributed by atoms with van der Waals surface area (Å²) in [6.45, 7) is 6.24. The molecule has 0 aliphatic heterocycles. The summed E-state index contributed by atoms with van der Waals surface area (Å²) in [6, 6.07) is 8.11. The third-order valence-corrected chi connectivity index (χ3v) is 3.07. The molecule has 4 nitrogen and oxygen atoms in total. The summed E-state index contributed by atoms with van der Waals surface area (Å²) in [7, 11) is 1.89. The van der Waals surface area contributed by atoms with E-state index in [2.05, 4.69) is 36.6 Å². The number of amides is 1. The van der Waals surface area contributed by atoms with Crippen molar-refractivity contribution >= 4 is 18.3 Å². The second-order valence-corrected chi connectivity index (χ2v) is 5.13. The normalized spacial score (nSPS) is 10.1. The van der Waals surface area contributed by atoms with E-state index in [1.807, 2.05) is 19.2 Å². The highest BCUT2D eigenvalue weighted by Gasteiger charge is 2.01. The fourth-order valence-electron chi connectivity index (χ4n) is 1.82. The number of halogens is 1. The Bertz CT molecular complexity index is 394. The van der Waals surface area contributed by atoms with Crippen LogP contribution in [0.25, 0.3) is 0 Å². The predicted molar refractivity (Wildman–Crippen MR) is 89.4 cm³/mol. The number of rotatable bonds is 9. The molecule has 0 radical (unpaired) electrons. The number of benzene rings is 1. The molecule has 5 heteroatoms. The molecule has 2 N–H and O–H groups in total. The SMILES string of the molecule is CNCCCC(=O)NCCOc1ccc(C(C)C)cc1.Cl. The molecule has 1 aromatic rings. The second kappa shape index (κ2) is 11.4. The Morgan fingerprint density at radius 3 is 2.43 bits per heavy atom. The van der Waals surface area contributed by atoms with Gasteiger partial charge in [-0.05, 0) is 43.6 Å². The zero-order valence-electron chi connectivity index (χ0n) is 13.1. The van der Waals surface area contributed by atoms with Gasteiger partial charge in [0, 0.05) is 6.42 Å². The molecule has 0 aliphatic rings. The molecule has 1 rings (SSSR count). The maximum atomic E-state index is 11.5. The zero-order chi connectivity index (χ0) is 14.8. The van der Waals surface area contributed by atoms with Crippen molar-refractivity contribution in [2.24, 2.45) is 0 Å². The molecule has 120 valence electrons. The summed E-state index contributed by atoms with van der Waals surface area (Å²) in [5, 5.41) is 5.87. The molecule has 0 aromatic heterocycles. The lowest BCUT2D eigenvalue weighted by Crippen LogP contribution is -2.28. The summed E-state index contributed by atoms with van der Waals surface area (Å²) >= 11 is 0. The summed E-state index contributed by atoms with van der Waals surface area (Å²) in [5.41, 5.74) is 1.30. The first kappa shape index (κ1) is 19.7. The van der Waals surface area contributed by atoms with Gasteiger partial charge in [-0.2, -0.15) is 0 Å². The predicted octanol–water partition coefficient (Wildman–Crippen LogP) is 2.73. The van der Waals surface area contributed by atoms with Gasteiger partial charge >= 0.3 is 0 Å². The molecule has 0 fully saturated rings. The quantitative estimate of drug-likeness (QED) is 0.689. The van der Waals surface area contributed by atoms with Crippen molar-refractivity contribution in [1.29, 1.82) is 0 Å². The van der Waals surface area contributed by atoms with Crippen LogP contribution in [0.3, 0.4) is 0 Å². The molecule has 0 aliphatic carbocycles. The first-order valence-electron chi connectivity index (χ1n) is 7.27. The highest BCUT2D eigenvalue weighted by atomic mass is 35.5. The van der Waals surface area contributed by atoms with Crippen molar-refractivity contribution in [3.8, 4) is 5.75 Å². The topological polar surface area (TPSA) is 50.4 Å². The van der Waals surface area contributed by atoms with Crippen LogP contribution in [0.1, 0.15) is 38.2 Å². The molecule has 0 spiro atoms. The molecule has 0 bridgehead atoms. The van der Waals surface area contributed by atoms with Crippen molar-refractivity contribution in [3.05, 3.63) is 29.8 Å². The minimum atomic E-state index is 0. The average molecular weight is 315 g/mol. The summed E-state index contributed by atoms with van der Waals surface area (Å²) in [5.74, 6) is 1.46. The minimum Gasteiger partial charge on any atom is -0.492 e. The summed E-state index contributed by atoms with van der Waals surface area (Å²) in [6.07, 6.45) is 1.42. The highest BCUT2D eigenvalue weighted by molar-refractivity contribution is 5.85. The van der Waals surface area contributed by atoms with Gasteiger partial charge in [-0.1, -0.05) is 26.0 Å². The largest absolute Gasteiger partial charge is 0.492 e. The Labute approximate surface area is 134 Å². The number of hydrogen-bond donors (Lipinski definition) is 2. The van der Waals surface area contributed by atoms with Crippen LogP contribution in [0.5, 0.6) is 5.75 Å². The first-order valence-corrected chi connectivity index (χ1v) is 7.27. The van der Waals surface area contributed by atoms with Gasteiger partial charge in [-0.3, -0.25) is 4.79 Å².